The summed E-state index contributed by atoms with van der Waals surface area (Å²) in [6, 6.07) is 9.76. The van der Waals surface area contributed by atoms with Crippen LogP contribution in [-0.4, -0.2) is 26.8 Å². The van der Waals surface area contributed by atoms with Crippen LogP contribution in [0.2, 0.25) is 5.02 Å². The van der Waals surface area contributed by atoms with Crippen molar-refractivity contribution in [3.05, 3.63) is 64.4 Å². The molecule has 0 aliphatic heterocycles. The molecule has 0 atom stereocenters. The molecule has 0 saturated heterocycles. The van der Waals surface area contributed by atoms with Crippen molar-refractivity contribution in [3.8, 4) is 0 Å². The maximum absolute atomic E-state index is 14.4. The Kier molecular flexibility index (Phi) is 7.09. The Morgan fingerprint density at radius 3 is 2.41 bits per heavy atom. The summed E-state index contributed by atoms with van der Waals surface area (Å²) in [4.78, 5) is 10.7. The zero-order chi connectivity index (χ0) is 21.8. The van der Waals surface area contributed by atoms with Gasteiger partial charge in [0.1, 0.15) is 5.82 Å². The van der Waals surface area contributed by atoms with Crippen molar-refractivity contribution >= 4 is 33.2 Å². The number of hydrazine groups is 1. The first-order valence-corrected chi connectivity index (χ1v) is 10.2. The first-order valence-electron chi connectivity index (χ1n) is 7.98. The highest BCUT2D eigenvalue weighted by atomic mass is 35.5. The van der Waals surface area contributed by atoms with Crippen LogP contribution in [0.15, 0.2) is 42.5 Å². The topological polar surface area (TPSA) is 78.5 Å². The van der Waals surface area contributed by atoms with Crippen LogP contribution < -0.4 is 15.2 Å². The number of rotatable bonds is 7. The van der Waals surface area contributed by atoms with Crippen molar-refractivity contribution in [2.24, 2.45) is 0 Å². The molecule has 1 amide bonds. The molecule has 0 spiro atoms. The second-order valence-corrected chi connectivity index (χ2v) is 8.32. The summed E-state index contributed by atoms with van der Waals surface area (Å²) in [5, 5.41) is 0.305. The number of anilines is 1. The molecule has 2 rings (SSSR count). The molecular formula is C17H16ClF4N3O3S. The molecule has 2 N–H and O–H groups in total. The highest BCUT2D eigenvalue weighted by Crippen LogP contribution is 2.25. The number of carbonyl (C=O) groups is 1. The lowest BCUT2D eigenvalue weighted by atomic mass is 10.1. The molecular weight excluding hydrogens is 438 g/mol. The first kappa shape index (κ1) is 22.9. The van der Waals surface area contributed by atoms with Crippen molar-refractivity contribution in [1.29, 1.82) is 0 Å². The summed E-state index contributed by atoms with van der Waals surface area (Å²) in [5.41, 5.74) is 4.02. The molecule has 0 radical (unpaired) electrons. The van der Waals surface area contributed by atoms with Gasteiger partial charge in [-0.15, -0.1) is 0 Å². The van der Waals surface area contributed by atoms with Crippen molar-refractivity contribution in [1.82, 2.24) is 10.9 Å². The van der Waals surface area contributed by atoms with Crippen molar-refractivity contribution in [3.63, 3.8) is 0 Å². The lowest BCUT2D eigenvalue weighted by molar-refractivity contribution is -0.174. The first-order chi connectivity index (χ1) is 13.4. The van der Waals surface area contributed by atoms with E-state index in [0.29, 0.717) is 5.02 Å². The van der Waals surface area contributed by atoms with Crippen LogP contribution in [0.25, 0.3) is 0 Å². The van der Waals surface area contributed by atoms with Gasteiger partial charge in [0, 0.05) is 17.1 Å². The van der Waals surface area contributed by atoms with Crippen LogP contribution in [0.1, 0.15) is 11.1 Å². The van der Waals surface area contributed by atoms with Crippen molar-refractivity contribution < 1.29 is 30.8 Å². The molecule has 2 aromatic rings. The Bertz CT molecular complexity index is 1000. The number of benzene rings is 2. The van der Waals surface area contributed by atoms with Crippen molar-refractivity contribution in [2.75, 3.05) is 10.6 Å². The Balaban J connectivity index is 2.13. The number of alkyl halides is 3. The average Bonchev–Trinajstić information content (AvgIpc) is 2.59. The van der Waals surface area contributed by atoms with Crippen LogP contribution in [0.4, 0.5) is 23.2 Å². The van der Waals surface area contributed by atoms with Crippen molar-refractivity contribution in [2.45, 2.75) is 19.3 Å². The van der Waals surface area contributed by atoms with Gasteiger partial charge in [-0.1, -0.05) is 29.8 Å². The number of nitrogens with one attached hydrogen (secondary N) is 2. The number of halogens is 5. The largest absolute Gasteiger partial charge is 0.472 e. The van der Waals surface area contributed by atoms with E-state index in [1.165, 1.54) is 29.7 Å². The summed E-state index contributed by atoms with van der Waals surface area (Å²) >= 11 is 5.89. The van der Waals surface area contributed by atoms with Gasteiger partial charge in [0.15, 0.2) is 0 Å². The molecule has 158 valence electrons. The Morgan fingerprint density at radius 2 is 1.86 bits per heavy atom. The molecule has 0 fully saturated rings. The molecule has 0 aromatic heterocycles. The van der Waals surface area contributed by atoms with Crippen LogP contribution in [-0.2, 0) is 27.9 Å². The standard InChI is InChI=1S/C17H16ClF4N3O3S/c1-29(27,28)25(14-4-2-3-13(18)8-14)10-12-6-5-11(7-15(12)19)9-23-24-16(26)17(20,21)22/h2-8,23H,9-10H2,1H3,(H,24,26). The zero-order valence-corrected chi connectivity index (χ0v) is 16.5. The van der Waals surface area contributed by atoms with E-state index in [4.69, 9.17) is 11.6 Å². The highest BCUT2D eigenvalue weighted by molar-refractivity contribution is 7.92. The molecule has 0 heterocycles. The number of nitrogens with zero attached hydrogens (tertiary/aromatic N) is 1. The van der Waals surface area contributed by atoms with Gasteiger partial charge >= 0.3 is 12.1 Å². The summed E-state index contributed by atoms with van der Waals surface area (Å²) < 4.78 is 76.0. The molecule has 0 aliphatic rings. The minimum absolute atomic E-state index is 0.0403. The number of hydrogen-bond donors (Lipinski definition) is 2. The smallest absolute Gasteiger partial charge is 0.283 e. The van der Waals surface area contributed by atoms with E-state index in [-0.39, 0.29) is 29.9 Å². The van der Waals surface area contributed by atoms with Gasteiger partial charge in [0.2, 0.25) is 10.0 Å². The number of sulfonamides is 1. The fraction of sp³-hybridized carbons (Fsp3) is 0.235. The number of amides is 1. The normalized spacial score (nSPS) is 11.9. The van der Waals surface area contributed by atoms with Crippen LogP contribution in [0.5, 0.6) is 0 Å². The molecule has 2 aromatic carbocycles. The summed E-state index contributed by atoms with van der Waals surface area (Å²) in [6.07, 6.45) is -4.08. The third-order valence-corrected chi connectivity index (χ3v) is 5.06. The summed E-state index contributed by atoms with van der Waals surface area (Å²) in [7, 11) is -3.76. The molecule has 0 unspecified atom stereocenters. The minimum atomic E-state index is -5.04. The Hall–Kier alpha value is -2.37. The lowest BCUT2D eigenvalue weighted by Gasteiger charge is -2.23. The van der Waals surface area contributed by atoms with Crippen LogP contribution in [0, 0.1) is 5.82 Å². The van der Waals surface area contributed by atoms with Gasteiger partial charge in [-0.2, -0.15) is 13.2 Å². The van der Waals surface area contributed by atoms with Crippen LogP contribution >= 0.6 is 11.6 Å². The number of carbonyl (C=O) groups excluding carboxylic acids is 1. The molecule has 6 nitrogen and oxygen atoms in total. The third kappa shape index (κ3) is 6.58. The fourth-order valence-electron chi connectivity index (χ4n) is 2.31. The van der Waals surface area contributed by atoms with E-state index in [9.17, 15) is 30.8 Å². The van der Waals surface area contributed by atoms with E-state index >= 15 is 0 Å². The molecule has 0 bridgehead atoms. The van der Waals surface area contributed by atoms with Gasteiger partial charge in [-0.05, 0) is 29.8 Å². The van der Waals surface area contributed by atoms with E-state index in [1.54, 1.807) is 12.1 Å². The lowest BCUT2D eigenvalue weighted by Crippen LogP contribution is -2.44. The van der Waals surface area contributed by atoms with Gasteiger partial charge < -0.3 is 0 Å². The monoisotopic (exact) mass is 453 g/mol. The summed E-state index contributed by atoms with van der Waals surface area (Å²) in [5.74, 6) is -2.94. The molecule has 0 saturated carbocycles. The van der Waals surface area contributed by atoms with Gasteiger partial charge in [0.25, 0.3) is 0 Å². The average molecular weight is 454 g/mol. The second-order valence-electron chi connectivity index (χ2n) is 5.98. The SMILES string of the molecule is CS(=O)(=O)N(Cc1ccc(CNNC(=O)C(F)(F)F)cc1F)c1cccc(Cl)c1. The quantitative estimate of drug-likeness (QED) is 0.499. The zero-order valence-electron chi connectivity index (χ0n) is 14.9. The maximum Gasteiger partial charge on any atom is 0.472 e. The van der Waals surface area contributed by atoms with E-state index in [1.807, 2.05) is 5.43 Å². The predicted molar refractivity (Wildman–Crippen MR) is 99.9 cm³/mol. The van der Waals surface area contributed by atoms with E-state index in [2.05, 4.69) is 0 Å². The van der Waals surface area contributed by atoms with E-state index < -0.39 is 27.9 Å². The second kappa shape index (κ2) is 8.97. The van der Waals surface area contributed by atoms with Crippen LogP contribution in [0.3, 0.4) is 0 Å². The Morgan fingerprint density at radius 1 is 1.17 bits per heavy atom. The summed E-state index contributed by atoms with van der Waals surface area (Å²) in [6.45, 7) is -0.591. The van der Waals surface area contributed by atoms with Gasteiger partial charge in [-0.3, -0.25) is 14.5 Å². The fourth-order valence-corrected chi connectivity index (χ4v) is 3.37. The minimum Gasteiger partial charge on any atom is -0.283 e. The van der Waals surface area contributed by atoms with Gasteiger partial charge in [-0.25, -0.2) is 18.2 Å². The third-order valence-electron chi connectivity index (χ3n) is 3.68. The maximum atomic E-state index is 14.4. The van der Waals surface area contributed by atoms with Gasteiger partial charge in [0.05, 0.1) is 18.5 Å². The molecule has 29 heavy (non-hydrogen) atoms. The molecule has 12 heteroatoms. The van der Waals surface area contributed by atoms with E-state index in [0.717, 1.165) is 16.6 Å². The predicted octanol–water partition coefficient (Wildman–Crippen LogP) is 3.13. The molecule has 0 aliphatic carbocycles. The number of hydrogen-bond acceptors (Lipinski definition) is 4. The highest BCUT2D eigenvalue weighted by Gasteiger charge is 2.38. The Labute approximate surface area is 169 Å².